The van der Waals surface area contributed by atoms with Crippen LogP contribution in [0.5, 0.6) is 0 Å². The third kappa shape index (κ3) is 3.84. The summed E-state index contributed by atoms with van der Waals surface area (Å²) in [4.78, 5) is 12.1. The topological polar surface area (TPSA) is 38.3 Å². The largest absolute Gasteiger partial charge is 0.465 e. The molecule has 0 aromatic rings. The van der Waals surface area contributed by atoms with E-state index in [1.54, 1.807) is 6.92 Å². The second kappa shape index (κ2) is 6.11. The average Bonchev–Trinajstić information content (AvgIpc) is 2.30. The maximum Gasteiger partial charge on any atom is 0.401 e. The lowest BCUT2D eigenvalue weighted by molar-refractivity contribution is -0.162. The van der Waals surface area contributed by atoms with Gasteiger partial charge in [-0.1, -0.05) is 26.7 Å². The Morgan fingerprint density at radius 2 is 2.05 bits per heavy atom. The van der Waals surface area contributed by atoms with Crippen molar-refractivity contribution in [2.45, 2.75) is 51.7 Å². The standard InChI is InChI=1S/C13H22F3NO2/c1-4-19-11(18)12(17-8-13(14,15)16)7-5-6-9(2)10(12)3/h9-10,17H,4-8H2,1-3H3. The van der Waals surface area contributed by atoms with E-state index in [9.17, 15) is 18.0 Å². The predicted octanol–water partition coefficient (Wildman–Crippen LogP) is 2.90. The third-order valence-corrected chi connectivity index (χ3v) is 4.11. The third-order valence-electron chi connectivity index (χ3n) is 4.11. The van der Waals surface area contributed by atoms with Crippen LogP contribution in [0.4, 0.5) is 13.2 Å². The normalized spacial score (nSPS) is 32.1. The minimum atomic E-state index is -4.33. The Bertz CT molecular complexity index is 320. The van der Waals surface area contributed by atoms with Gasteiger partial charge in [-0.05, 0) is 25.2 Å². The van der Waals surface area contributed by atoms with Crippen molar-refractivity contribution in [3.8, 4) is 0 Å². The van der Waals surface area contributed by atoms with Gasteiger partial charge in [0.25, 0.3) is 0 Å². The Morgan fingerprint density at radius 1 is 1.42 bits per heavy atom. The van der Waals surface area contributed by atoms with Gasteiger partial charge in [0.05, 0.1) is 13.2 Å². The van der Waals surface area contributed by atoms with Crippen LogP contribution >= 0.6 is 0 Å². The van der Waals surface area contributed by atoms with Gasteiger partial charge in [-0.2, -0.15) is 13.2 Å². The molecule has 0 amide bonds. The van der Waals surface area contributed by atoms with Gasteiger partial charge in [0, 0.05) is 0 Å². The quantitative estimate of drug-likeness (QED) is 0.805. The average molecular weight is 281 g/mol. The highest BCUT2D eigenvalue weighted by Crippen LogP contribution is 2.39. The number of rotatable bonds is 4. The SMILES string of the molecule is CCOC(=O)C1(NCC(F)(F)F)CCCC(C)C1C. The molecule has 1 N–H and O–H groups in total. The lowest BCUT2D eigenvalue weighted by Gasteiger charge is -2.44. The van der Waals surface area contributed by atoms with Crippen molar-refractivity contribution in [2.75, 3.05) is 13.2 Å². The second-order valence-corrected chi connectivity index (χ2v) is 5.32. The van der Waals surface area contributed by atoms with E-state index in [4.69, 9.17) is 4.74 Å². The van der Waals surface area contributed by atoms with E-state index in [0.717, 1.165) is 12.8 Å². The molecule has 3 unspecified atom stereocenters. The number of hydrogen-bond acceptors (Lipinski definition) is 3. The molecule has 3 atom stereocenters. The highest BCUT2D eigenvalue weighted by atomic mass is 19.4. The van der Waals surface area contributed by atoms with Crippen LogP contribution in [-0.2, 0) is 9.53 Å². The van der Waals surface area contributed by atoms with Crippen molar-refractivity contribution >= 4 is 5.97 Å². The zero-order valence-electron chi connectivity index (χ0n) is 11.6. The summed E-state index contributed by atoms with van der Waals surface area (Å²) >= 11 is 0. The molecule has 1 saturated carbocycles. The first-order valence-corrected chi connectivity index (χ1v) is 6.72. The van der Waals surface area contributed by atoms with Crippen molar-refractivity contribution in [2.24, 2.45) is 11.8 Å². The number of nitrogens with one attached hydrogen (secondary N) is 1. The maximum absolute atomic E-state index is 12.4. The molecule has 19 heavy (non-hydrogen) atoms. The molecular formula is C13H22F3NO2. The van der Waals surface area contributed by atoms with E-state index in [1.807, 2.05) is 13.8 Å². The van der Waals surface area contributed by atoms with Gasteiger partial charge in [0.1, 0.15) is 5.54 Å². The zero-order valence-corrected chi connectivity index (χ0v) is 11.6. The first kappa shape index (κ1) is 16.3. The summed E-state index contributed by atoms with van der Waals surface area (Å²) in [5, 5.41) is 2.44. The summed E-state index contributed by atoms with van der Waals surface area (Å²) in [6.45, 7) is 4.46. The number of carbonyl (C=O) groups excluding carboxylic acids is 1. The molecule has 0 bridgehead atoms. The molecule has 1 fully saturated rings. The molecule has 1 aliphatic carbocycles. The summed E-state index contributed by atoms with van der Waals surface area (Å²) in [6.07, 6.45) is -2.28. The smallest absolute Gasteiger partial charge is 0.401 e. The summed E-state index contributed by atoms with van der Waals surface area (Å²) in [5.74, 6) is -0.542. The highest BCUT2D eigenvalue weighted by molar-refractivity contribution is 5.81. The van der Waals surface area contributed by atoms with Crippen LogP contribution in [-0.4, -0.2) is 30.8 Å². The number of alkyl halides is 3. The van der Waals surface area contributed by atoms with E-state index in [-0.39, 0.29) is 18.4 Å². The van der Waals surface area contributed by atoms with Gasteiger partial charge in [0.15, 0.2) is 0 Å². The Balaban J connectivity index is 2.92. The lowest BCUT2D eigenvalue weighted by Crippen LogP contribution is -2.62. The molecule has 0 aliphatic heterocycles. The Labute approximate surface area is 111 Å². The van der Waals surface area contributed by atoms with E-state index >= 15 is 0 Å². The number of esters is 1. The van der Waals surface area contributed by atoms with Crippen LogP contribution < -0.4 is 5.32 Å². The number of ether oxygens (including phenoxy) is 1. The fraction of sp³-hybridized carbons (Fsp3) is 0.923. The molecular weight excluding hydrogens is 259 g/mol. The van der Waals surface area contributed by atoms with Crippen LogP contribution in [0.2, 0.25) is 0 Å². The summed E-state index contributed by atoms with van der Waals surface area (Å²) in [6, 6.07) is 0. The van der Waals surface area contributed by atoms with Gasteiger partial charge < -0.3 is 4.74 Å². The summed E-state index contributed by atoms with van der Waals surface area (Å²) < 4.78 is 42.3. The molecule has 0 saturated heterocycles. The van der Waals surface area contributed by atoms with Crippen LogP contribution in [0.15, 0.2) is 0 Å². The first-order chi connectivity index (χ1) is 8.73. The Hall–Kier alpha value is -0.780. The van der Waals surface area contributed by atoms with E-state index in [0.29, 0.717) is 6.42 Å². The molecule has 112 valence electrons. The lowest BCUT2D eigenvalue weighted by atomic mass is 9.68. The predicted molar refractivity (Wildman–Crippen MR) is 65.6 cm³/mol. The van der Waals surface area contributed by atoms with Crippen LogP contribution in [0.1, 0.15) is 40.0 Å². The van der Waals surface area contributed by atoms with Gasteiger partial charge in [-0.15, -0.1) is 0 Å². The summed E-state index contributed by atoms with van der Waals surface area (Å²) in [5.41, 5.74) is -1.21. The van der Waals surface area contributed by atoms with E-state index in [2.05, 4.69) is 5.32 Å². The fourth-order valence-corrected chi connectivity index (χ4v) is 2.79. The molecule has 0 radical (unpaired) electrons. The van der Waals surface area contributed by atoms with Gasteiger partial charge in [0.2, 0.25) is 0 Å². The number of hydrogen-bond donors (Lipinski definition) is 1. The minimum Gasteiger partial charge on any atom is -0.465 e. The molecule has 0 aromatic heterocycles. The molecule has 3 nitrogen and oxygen atoms in total. The zero-order chi connectivity index (χ0) is 14.7. The van der Waals surface area contributed by atoms with Gasteiger partial charge in [-0.3, -0.25) is 10.1 Å². The van der Waals surface area contributed by atoms with Gasteiger partial charge in [-0.25, -0.2) is 0 Å². The van der Waals surface area contributed by atoms with Crippen molar-refractivity contribution in [1.29, 1.82) is 0 Å². The molecule has 1 aliphatic rings. The second-order valence-electron chi connectivity index (χ2n) is 5.32. The molecule has 0 heterocycles. The molecule has 6 heteroatoms. The fourth-order valence-electron chi connectivity index (χ4n) is 2.79. The van der Waals surface area contributed by atoms with Crippen LogP contribution in [0.25, 0.3) is 0 Å². The van der Waals surface area contributed by atoms with E-state index in [1.165, 1.54) is 0 Å². The minimum absolute atomic E-state index is 0.176. The van der Waals surface area contributed by atoms with Crippen molar-refractivity contribution < 1.29 is 22.7 Å². The molecule has 0 aromatic carbocycles. The Kier molecular flexibility index (Phi) is 5.24. The van der Waals surface area contributed by atoms with Gasteiger partial charge >= 0.3 is 12.1 Å². The molecule has 0 spiro atoms. The van der Waals surface area contributed by atoms with Crippen LogP contribution in [0, 0.1) is 11.8 Å². The van der Waals surface area contributed by atoms with Crippen LogP contribution in [0.3, 0.4) is 0 Å². The van der Waals surface area contributed by atoms with Crippen molar-refractivity contribution in [3.63, 3.8) is 0 Å². The number of carbonyl (C=O) groups is 1. The number of halogens is 3. The monoisotopic (exact) mass is 281 g/mol. The Morgan fingerprint density at radius 3 is 2.58 bits per heavy atom. The van der Waals surface area contributed by atoms with E-state index < -0.39 is 24.2 Å². The highest BCUT2D eigenvalue weighted by Gasteiger charge is 2.50. The molecule has 1 rings (SSSR count). The van der Waals surface area contributed by atoms with Crippen molar-refractivity contribution in [1.82, 2.24) is 5.32 Å². The summed E-state index contributed by atoms with van der Waals surface area (Å²) in [7, 11) is 0. The first-order valence-electron chi connectivity index (χ1n) is 6.72. The van der Waals surface area contributed by atoms with Crippen molar-refractivity contribution in [3.05, 3.63) is 0 Å². The maximum atomic E-state index is 12.4.